The summed E-state index contributed by atoms with van der Waals surface area (Å²) in [7, 11) is 0. The summed E-state index contributed by atoms with van der Waals surface area (Å²) in [6.07, 6.45) is 20.9. The Balaban J connectivity index is 1.36. The first-order valence-corrected chi connectivity index (χ1v) is 18.3. The van der Waals surface area contributed by atoms with Crippen LogP contribution >= 0.6 is 0 Å². The Morgan fingerprint density at radius 2 is 1.78 bits per heavy atom. The number of aliphatic hydroxyl groups excluding tert-OH is 1. The Bertz CT molecular complexity index is 1100. The van der Waals surface area contributed by atoms with Gasteiger partial charge in [0.2, 0.25) is 0 Å². The summed E-state index contributed by atoms with van der Waals surface area (Å²) in [6.45, 7) is 9.29. The summed E-state index contributed by atoms with van der Waals surface area (Å²) in [5.41, 5.74) is 3.90. The third-order valence-corrected chi connectivity index (χ3v) is 10.5. The zero-order valence-electron chi connectivity index (χ0n) is 28.7. The summed E-state index contributed by atoms with van der Waals surface area (Å²) in [4.78, 5) is 0. The van der Waals surface area contributed by atoms with E-state index in [2.05, 4.69) is 57.2 Å². The third kappa shape index (κ3) is 10.3. The van der Waals surface area contributed by atoms with Crippen LogP contribution in [-0.4, -0.2) is 56.3 Å². The lowest BCUT2D eigenvalue weighted by Crippen LogP contribution is -2.37. The second-order valence-corrected chi connectivity index (χ2v) is 14.3. The minimum absolute atomic E-state index is 0.0110. The lowest BCUT2D eigenvalue weighted by Gasteiger charge is -2.36. The van der Waals surface area contributed by atoms with E-state index in [1.807, 2.05) is 18.2 Å². The van der Waals surface area contributed by atoms with Crippen molar-refractivity contribution in [3.8, 4) is 0 Å². The number of hydrogen-bond acceptors (Lipinski definition) is 6. The third-order valence-electron chi connectivity index (χ3n) is 10.5. The maximum absolute atomic E-state index is 10.5. The molecule has 6 nitrogen and oxygen atoms in total. The highest BCUT2D eigenvalue weighted by atomic mass is 16.7. The lowest BCUT2D eigenvalue weighted by molar-refractivity contribution is -0.202. The number of allylic oxidation sites excluding steroid dienone is 4. The van der Waals surface area contributed by atoms with E-state index in [1.165, 1.54) is 17.6 Å². The molecule has 1 saturated carbocycles. The summed E-state index contributed by atoms with van der Waals surface area (Å²) in [5.74, 6) is 1.75. The molecule has 46 heavy (non-hydrogen) atoms. The van der Waals surface area contributed by atoms with Crippen molar-refractivity contribution >= 4 is 0 Å². The van der Waals surface area contributed by atoms with Crippen LogP contribution in [0.3, 0.4) is 0 Å². The minimum atomic E-state index is -0.119. The van der Waals surface area contributed by atoms with Crippen molar-refractivity contribution in [3.05, 3.63) is 71.3 Å². The van der Waals surface area contributed by atoms with Gasteiger partial charge in [-0.15, -0.1) is 0 Å². The number of ether oxygens (including phenoxy) is 5. The number of hydrogen-bond donors (Lipinski definition) is 1. The highest BCUT2D eigenvalue weighted by Gasteiger charge is 2.50. The first kappa shape index (κ1) is 35.5. The van der Waals surface area contributed by atoms with Crippen LogP contribution in [0.15, 0.2) is 65.8 Å². The van der Waals surface area contributed by atoms with Crippen molar-refractivity contribution in [2.75, 3.05) is 26.4 Å². The van der Waals surface area contributed by atoms with E-state index in [9.17, 15) is 5.11 Å². The van der Waals surface area contributed by atoms with Crippen LogP contribution in [0, 0.1) is 29.6 Å². The van der Waals surface area contributed by atoms with Gasteiger partial charge in [-0.1, -0.05) is 65.8 Å². The van der Waals surface area contributed by atoms with Crippen LogP contribution in [0.4, 0.5) is 0 Å². The molecule has 2 heterocycles. The quantitative estimate of drug-likeness (QED) is 0.173. The Morgan fingerprint density at radius 3 is 2.46 bits per heavy atom. The fraction of sp³-hybridized carbons (Fsp3) is 0.700. The van der Waals surface area contributed by atoms with E-state index < -0.39 is 0 Å². The van der Waals surface area contributed by atoms with Gasteiger partial charge in [-0.05, 0) is 121 Å². The van der Waals surface area contributed by atoms with Crippen molar-refractivity contribution in [2.45, 2.75) is 123 Å². The molecule has 3 fully saturated rings. The van der Waals surface area contributed by atoms with Crippen LogP contribution in [0.25, 0.3) is 0 Å². The summed E-state index contributed by atoms with van der Waals surface area (Å²) < 4.78 is 31.9. The van der Waals surface area contributed by atoms with Gasteiger partial charge < -0.3 is 28.8 Å². The van der Waals surface area contributed by atoms with Crippen LogP contribution in [0.1, 0.15) is 97.0 Å². The normalized spacial score (nSPS) is 30.1. The van der Waals surface area contributed by atoms with E-state index in [4.69, 9.17) is 23.7 Å². The zero-order valence-corrected chi connectivity index (χ0v) is 28.7. The Labute approximate surface area is 278 Å². The van der Waals surface area contributed by atoms with Gasteiger partial charge in [-0.3, -0.25) is 0 Å². The maximum Gasteiger partial charge on any atom is 0.158 e. The average molecular weight is 637 g/mol. The second-order valence-electron chi connectivity index (χ2n) is 14.3. The van der Waals surface area contributed by atoms with E-state index in [-0.39, 0.29) is 37.3 Å². The van der Waals surface area contributed by atoms with E-state index in [0.717, 1.165) is 83.0 Å². The summed E-state index contributed by atoms with van der Waals surface area (Å²) in [6, 6.07) is 10.3. The van der Waals surface area contributed by atoms with Crippen LogP contribution < -0.4 is 0 Å². The molecular weight excluding hydrogens is 576 g/mol. The van der Waals surface area contributed by atoms with Gasteiger partial charge in [-0.2, -0.15) is 0 Å². The molecule has 0 spiro atoms. The molecule has 0 radical (unpaired) electrons. The fourth-order valence-electron chi connectivity index (χ4n) is 8.27. The molecule has 5 rings (SSSR count). The minimum Gasteiger partial charge on any atom is -0.396 e. The van der Waals surface area contributed by atoms with Gasteiger partial charge in [0.05, 0.1) is 32.0 Å². The smallest absolute Gasteiger partial charge is 0.158 e. The highest BCUT2D eigenvalue weighted by molar-refractivity contribution is 5.22. The Morgan fingerprint density at radius 1 is 1.02 bits per heavy atom. The lowest BCUT2D eigenvalue weighted by atomic mass is 9.76. The largest absolute Gasteiger partial charge is 0.396 e. The van der Waals surface area contributed by atoms with Crippen molar-refractivity contribution in [3.63, 3.8) is 0 Å². The Hall–Kier alpha value is -1.80. The number of benzene rings is 1. The molecule has 0 bridgehead atoms. The number of fused-ring (bicyclic) bond motifs is 1. The van der Waals surface area contributed by atoms with Crippen molar-refractivity contribution in [1.82, 2.24) is 0 Å². The van der Waals surface area contributed by atoms with Crippen LogP contribution in [-0.2, 0) is 30.3 Å². The van der Waals surface area contributed by atoms with E-state index in [0.29, 0.717) is 36.9 Å². The monoisotopic (exact) mass is 636 g/mol. The first-order valence-electron chi connectivity index (χ1n) is 18.3. The predicted molar refractivity (Wildman–Crippen MR) is 183 cm³/mol. The molecule has 2 aliphatic carbocycles. The van der Waals surface area contributed by atoms with Crippen LogP contribution in [0.2, 0.25) is 0 Å². The van der Waals surface area contributed by atoms with Gasteiger partial charge >= 0.3 is 0 Å². The van der Waals surface area contributed by atoms with Gasteiger partial charge in [0.1, 0.15) is 0 Å². The first-order chi connectivity index (χ1) is 22.5. The maximum atomic E-state index is 10.5. The molecule has 1 aromatic carbocycles. The summed E-state index contributed by atoms with van der Waals surface area (Å²) >= 11 is 0. The van der Waals surface area contributed by atoms with Gasteiger partial charge in [0, 0.05) is 19.1 Å². The standard InChI is InChI=1S/C40H60O6/c1-4-13-35(45-38-18-8-10-20-43-38)23-31(17-12-14-29(2)3)40-36-24-32(34(26-41)28-42-27-30-15-6-5-7-16-30)22-33(36)25-37(40)46-39-19-9-11-21-44-39/h4-7,13-16,24,31,33-41H,8-12,17-23,25-28H2,1-3H3. The molecule has 1 aromatic rings. The second kappa shape index (κ2) is 18.7. The van der Waals surface area contributed by atoms with E-state index >= 15 is 0 Å². The molecule has 1 N–H and O–H groups in total. The molecule has 4 aliphatic rings. The van der Waals surface area contributed by atoms with E-state index in [1.54, 1.807) is 0 Å². The molecular formula is C40H60O6. The number of rotatable bonds is 17. The van der Waals surface area contributed by atoms with Gasteiger partial charge in [-0.25, -0.2) is 0 Å². The van der Waals surface area contributed by atoms with Gasteiger partial charge in [0.15, 0.2) is 12.6 Å². The molecule has 0 aromatic heterocycles. The Kier molecular flexibility index (Phi) is 14.4. The molecule has 9 atom stereocenters. The topological polar surface area (TPSA) is 66.4 Å². The van der Waals surface area contributed by atoms with Crippen molar-refractivity contribution in [1.29, 1.82) is 0 Å². The molecule has 2 aliphatic heterocycles. The summed E-state index contributed by atoms with van der Waals surface area (Å²) in [5, 5.41) is 10.5. The molecule has 9 unspecified atom stereocenters. The average Bonchev–Trinajstić information content (AvgIpc) is 3.61. The molecule has 2 saturated heterocycles. The van der Waals surface area contributed by atoms with Crippen molar-refractivity contribution < 1.29 is 28.8 Å². The van der Waals surface area contributed by atoms with Crippen molar-refractivity contribution in [2.24, 2.45) is 29.6 Å². The molecule has 6 heteroatoms. The predicted octanol–water partition coefficient (Wildman–Crippen LogP) is 8.55. The number of aliphatic hydroxyl groups is 1. The van der Waals surface area contributed by atoms with Crippen LogP contribution in [0.5, 0.6) is 0 Å². The molecule has 0 amide bonds. The highest BCUT2D eigenvalue weighted by Crippen LogP contribution is 2.53. The zero-order chi connectivity index (χ0) is 32.1. The SMILES string of the molecule is CC=CC(CC(CCC=C(C)C)C1C(OC2CCCCO2)CC2CC(C(CO)COCc3ccccc3)=CC21)OC1CCCCO1. The fourth-order valence-corrected chi connectivity index (χ4v) is 8.27. The van der Waals surface area contributed by atoms with Gasteiger partial charge in [0.25, 0.3) is 0 Å². The molecule has 256 valence electrons.